The van der Waals surface area contributed by atoms with Crippen LogP contribution in [-0.4, -0.2) is 52.4 Å². The van der Waals surface area contributed by atoms with E-state index in [-0.39, 0.29) is 28.8 Å². The zero-order chi connectivity index (χ0) is 31.1. The molecule has 3 amide bonds. The minimum atomic E-state index is -0.554. The van der Waals surface area contributed by atoms with Gasteiger partial charge in [0.05, 0.1) is 0 Å². The van der Waals surface area contributed by atoms with Gasteiger partial charge in [0.15, 0.2) is 5.82 Å². The fraction of sp³-hybridized carbons (Fsp3) is 0.107. The molecular weight excluding hydrogens is 609 g/mol. The third kappa shape index (κ3) is 7.74. The summed E-state index contributed by atoms with van der Waals surface area (Å²) in [6, 6.07) is 16.5. The fourth-order valence-electron chi connectivity index (χ4n) is 3.80. The van der Waals surface area contributed by atoms with E-state index in [1.54, 1.807) is 30.6 Å². The Morgan fingerprint density at radius 3 is 1.93 bits per heavy atom. The molecule has 0 aliphatic heterocycles. The Morgan fingerprint density at radius 2 is 1.36 bits per heavy atom. The van der Waals surface area contributed by atoms with Crippen molar-refractivity contribution in [2.45, 2.75) is 18.9 Å². The van der Waals surface area contributed by atoms with E-state index in [9.17, 15) is 14.4 Å². The monoisotopic (exact) mass is 631 g/mol. The lowest BCUT2D eigenvalue weighted by atomic mass is 10.3. The molecule has 0 atom stereocenters. The highest BCUT2D eigenvalue weighted by atomic mass is 35.5. The molecule has 1 aliphatic carbocycles. The SMILES string of the molecule is NNC(=O)c1cccc(NC(=O)c2cc(Cl)ccn2)n1.O=C(Nc1cccc(-c2nncn2C2CC2)n1)c1cc(Cl)ccn1. The predicted molar refractivity (Wildman–Crippen MR) is 162 cm³/mol. The van der Waals surface area contributed by atoms with E-state index in [2.05, 4.69) is 40.8 Å². The zero-order valence-corrected chi connectivity index (χ0v) is 24.2. The van der Waals surface area contributed by atoms with Crippen LogP contribution in [-0.2, 0) is 0 Å². The number of amides is 3. The summed E-state index contributed by atoms with van der Waals surface area (Å²) in [5.41, 5.74) is 3.09. The van der Waals surface area contributed by atoms with E-state index >= 15 is 0 Å². The van der Waals surface area contributed by atoms with Crippen molar-refractivity contribution in [3.05, 3.63) is 107 Å². The maximum atomic E-state index is 12.2. The molecule has 5 heterocycles. The quantitative estimate of drug-likeness (QED) is 0.116. The normalized spacial score (nSPS) is 12.0. The number of rotatable bonds is 7. The van der Waals surface area contributed by atoms with Gasteiger partial charge >= 0.3 is 0 Å². The molecule has 0 saturated heterocycles. The molecule has 222 valence electrons. The maximum Gasteiger partial charge on any atom is 0.283 e. The van der Waals surface area contributed by atoms with Crippen molar-refractivity contribution in [1.82, 2.24) is 40.1 Å². The number of halogens is 2. The second kappa shape index (κ2) is 13.8. The molecule has 0 bridgehead atoms. The van der Waals surface area contributed by atoms with Crippen LogP contribution in [0.2, 0.25) is 10.0 Å². The van der Waals surface area contributed by atoms with Gasteiger partial charge < -0.3 is 15.2 Å². The Morgan fingerprint density at radius 1 is 0.773 bits per heavy atom. The minimum absolute atomic E-state index is 0.0874. The van der Waals surface area contributed by atoms with Gasteiger partial charge in [0.2, 0.25) is 0 Å². The number of hydrogen-bond donors (Lipinski definition) is 4. The van der Waals surface area contributed by atoms with Crippen molar-refractivity contribution < 1.29 is 14.4 Å². The van der Waals surface area contributed by atoms with E-state index in [4.69, 9.17) is 29.0 Å². The van der Waals surface area contributed by atoms with E-state index in [0.717, 1.165) is 12.8 Å². The number of hydrazine groups is 1. The Hall–Kier alpha value is -5.31. The third-order valence-corrected chi connectivity index (χ3v) is 6.47. The number of nitrogen functional groups attached to an aromatic ring is 1. The standard InChI is InChI=1S/C16H13ClN6O.C12H10ClN5O2/c17-10-6-7-18-13(8-10)16(24)21-14-3-1-2-12(20-14)15-22-19-9-23(15)11-4-5-11;13-7-4-5-15-9(6-7)11(19)17-10-3-1-2-8(16-10)12(20)18-14/h1-3,6-9,11H,4-5H2,(H,20,21,24);1-6H,14H2,(H,18,20)(H,16,17,19). The van der Waals surface area contributed by atoms with Crippen LogP contribution in [0.1, 0.15) is 50.3 Å². The molecule has 0 unspecified atom stereocenters. The van der Waals surface area contributed by atoms with Crippen LogP contribution in [0.3, 0.4) is 0 Å². The zero-order valence-electron chi connectivity index (χ0n) is 22.7. The number of carbonyl (C=O) groups excluding carboxylic acids is 3. The first-order valence-corrected chi connectivity index (χ1v) is 13.8. The van der Waals surface area contributed by atoms with Crippen LogP contribution in [0.4, 0.5) is 11.6 Å². The highest BCUT2D eigenvalue weighted by molar-refractivity contribution is 6.31. The molecule has 6 rings (SSSR count). The van der Waals surface area contributed by atoms with Crippen LogP contribution in [0.15, 0.2) is 79.4 Å². The van der Waals surface area contributed by atoms with Gasteiger partial charge in [-0.3, -0.25) is 29.8 Å². The van der Waals surface area contributed by atoms with Gasteiger partial charge in [0, 0.05) is 28.5 Å². The van der Waals surface area contributed by atoms with Gasteiger partial charge in [-0.15, -0.1) is 10.2 Å². The molecule has 5 aromatic heterocycles. The number of nitrogens with two attached hydrogens (primary N) is 1. The maximum absolute atomic E-state index is 12.2. The molecule has 16 heteroatoms. The van der Waals surface area contributed by atoms with Crippen molar-refractivity contribution in [2.24, 2.45) is 5.84 Å². The van der Waals surface area contributed by atoms with Gasteiger partial charge in [-0.1, -0.05) is 35.3 Å². The van der Waals surface area contributed by atoms with Crippen molar-refractivity contribution in [1.29, 1.82) is 0 Å². The Balaban J connectivity index is 0.000000178. The number of pyridine rings is 4. The summed E-state index contributed by atoms with van der Waals surface area (Å²) in [4.78, 5) is 51.8. The predicted octanol–water partition coefficient (Wildman–Crippen LogP) is 3.96. The summed E-state index contributed by atoms with van der Waals surface area (Å²) < 4.78 is 2.02. The lowest BCUT2D eigenvalue weighted by Gasteiger charge is -2.07. The van der Waals surface area contributed by atoms with E-state index in [0.29, 0.717) is 33.4 Å². The Kier molecular flexibility index (Phi) is 9.44. The molecule has 0 radical (unpaired) electrons. The van der Waals surface area contributed by atoms with E-state index in [1.807, 2.05) is 22.1 Å². The lowest BCUT2D eigenvalue weighted by molar-refractivity contribution is 0.0946. The third-order valence-electron chi connectivity index (χ3n) is 6.00. The van der Waals surface area contributed by atoms with Crippen LogP contribution in [0.5, 0.6) is 0 Å². The number of nitrogens with zero attached hydrogens (tertiary/aromatic N) is 7. The topological polar surface area (TPSA) is 196 Å². The van der Waals surface area contributed by atoms with Crippen molar-refractivity contribution in [3.63, 3.8) is 0 Å². The first-order chi connectivity index (χ1) is 21.3. The molecule has 14 nitrogen and oxygen atoms in total. The number of hydrogen-bond acceptors (Lipinski definition) is 10. The molecule has 5 aromatic rings. The molecule has 0 spiro atoms. The number of nitrogens with one attached hydrogen (secondary N) is 3. The second-order valence-electron chi connectivity index (χ2n) is 9.21. The van der Waals surface area contributed by atoms with E-state index in [1.165, 1.54) is 36.7 Å². The highest BCUT2D eigenvalue weighted by Crippen LogP contribution is 2.37. The Labute approximate surface area is 260 Å². The molecular formula is C28H23Cl2N11O3. The van der Waals surface area contributed by atoms with Crippen molar-refractivity contribution in [3.8, 4) is 11.5 Å². The fourth-order valence-corrected chi connectivity index (χ4v) is 4.12. The van der Waals surface area contributed by atoms with Gasteiger partial charge in [0.25, 0.3) is 17.7 Å². The number of aromatic nitrogens is 7. The van der Waals surface area contributed by atoms with Gasteiger partial charge in [-0.2, -0.15) is 0 Å². The lowest BCUT2D eigenvalue weighted by Crippen LogP contribution is -2.30. The number of anilines is 2. The summed E-state index contributed by atoms with van der Waals surface area (Å²) in [6.07, 6.45) is 6.88. The van der Waals surface area contributed by atoms with Gasteiger partial charge in [-0.25, -0.2) is 15.8 Å². The summed E-state index contributed by atoms with van der Waals surface area (Å²) in [7, 11) is 0. The minimum Gasteiger partial charge on any atom is -0.309 e. The average Bonchev–Trinajstić information content (AvgIpc) is 3.76. The summed E-state index contributed by atoms with van der Waals surface area (Å²) in [6.45, 7) is 0. The second-order valence-corrected chi connectivity index (χ2v) is 10.1. The number of carbonyl (C=O) groups is 3. The van der Waals surface area contributed by atoms with Crippen LogP contribution in [0.25, 0.3) is 11.5 Å². The summed E-state index contributed by atoms with van der Waals surface area (Å²) in [5, 5.41) is 14.2. The van der Waals surface area contributed by atoms with Crippen LogP contribution < -0.4 is 21.9 Å². The van der Waals surface area contributed by atoms with Crippen molar-refractivity contribution in [2.75, 3.05) is 10.6 Å². The molecule has 5 N–H and O–H groups in total. The Bertz CT molecular complexity index is 1830. The molecule has 0 aromatic carbocycles. The van der Waals surface area contributed by atoms with Crippen LogP contribution >= 0.6 is 23.2 Å². The van der Waals surface area contributed by atoms with Crippen LogP contribution in [0, 0.1) is 0 Å². The van der Waals surface area contributed by atoms with Crippen molar-refractivity contribution >= 4 is 52.6 Å². The first-order valence-electron chi connectivity index (χ1n) is 13.0. The molecule has 44 heavy (non-hydrogen) atoms. The van der Waals surface area contributed by atoms with Gasteiger partial charge in [0.1, 0.15) is 40.7 Å². The first kappa shape index (κ1) is 30.2. The summed E-state index contributed by atoms with van der Waals surface area (Å²) in [5.74, 6) is 4.94. The highest BCUT2D eigenvalue weighted by Gasteiger charge is 2.27. The largest absolute Gasteiger partial charge is 0.309 e. The average molecular weight is 632 g/mol. The van der Waals surface area contributed by atoms with Gasteiger partial charge in [-0.05, 0) is 61.4 Å². The summed E-state index contributed by atoms with van der Waals surface area (Å²) >= 11 is 11.7. The molecule has 1 saturated carbocycles. The molecule has 1 fully saturated rings. The smallest absolute Gasteiger partial charge is 0.283 e. The van der Waals surface area contributed by atoms with E-state index < -0.39 is 11.8 Å². The molecule has 1 aliphatic rings.